The van der Waals surface area contributed by atoms with Gasteiger partial charge in [0.2, 0.25) is 11.8 Å². The molecule has 1 saturated heterocycles. The van der Waals surface area contributed by atoms with Gasteiger partial charge in [0, 0.05) is 28.2 Å². The van der Waals surface area contributed by atoms with Crippen LogP contribution in [-0.4, -0.2) is 39.4 Å². The van der Waals surface area contributed by atoms with Gasteiger partial charge in [-0.15, -0.1) is 6.58 Å². The lowest BCUT2D eigenvalue weighted by molar-refractivity contribution is -0.136. The maximum atomic E-state index is 13.2. The van der Waals surface area contributed by atoms with Gasteiger partial charge < -0.3 is 10.8 Å². The zero-order valence-corrected chi connectivity index (χ0v) is 19.1. The van der Waals surface area contributed by atoms with Crippen molar-refractivity contribution >= 4 is 29.4 Å². The number of primary amides is 1. The predicted octanol–water partition coefficient (Wildman–Crippen LogP) is 2.63. The van der Waals surface area contributed by atoms with Crippen LogP contribution in [-0.2, 0) is 25.6 Å². The van der Waals surface area contributed by atoms with Crippen molar-refractivity contribution in [3.8, 4) is 5.75 Å². The lowest BCUT2D eigenvalue weighted by Gasteiger charge is -2.42. The summed E-state index contributed by atoms with van der Waals surface area (Å²) in [6, 6.07) is 4.09. The molecule has 4 aliphatic rings. The van der Waals surface area contributed by atoms with E-state index >= 15 is 0 Å². The summed E-state index contributed by atoms with van der Waals surface area (Å²) in [5.74, 6) is -4.94. The summed E-state index contributed by atoms with van der Waals surface area (Å²) in [6.07, 6.45) is 5.46. The van der Waals surface area contributed by atoms with Gasteiger partial charge in [0.05, 0.1) is 11.8 Å². The fourth-order valence-corrected chi connectivity index (χ4v) is 6.12. The second-order valence-corrected chi connectivity index (χ2v) is 9.43. The summed E-state index contributed by atoms with van der Waals surface area (Å²) in [6.45, 7) is 5.29. The predicted molar refractivity (Wildman–Crippen MR) is 125 cm³/mol. The van der Waals surface area contributed by atoms with E-state index in [2.05, 4.69) is 6.58 Å². The number of imide groups is 3. The highest BCUT2D eigenvalue weighted by molar-refractivity contribution is 6.24. The number of aromatic hydroxyl groups is 1. The summed E-state index contributed by atoms with van der Waals surface area (Å²) < 4.78 is 0. The van der Waals surface area contributed by atoms with E-state index in [1.165, 1.54) is 6.08 Å². The second-order valence-electron chi connectivity index (χ2n) is 9.43. The molecule has 1 heterocycles. The Bertz CT molecular complexity index is 1350. The van der Waals surface area contributed by atoms with Crippen molar-refractivity contribution in [1.82, 2.24) is 4.90 Å². The average Bonchev–Trinajstić information content (AvgIpc) is 3.08. The average molecular weight is 472 g/mol. The SMILES string of the molecule is C=CCc1cccc([C@H]2C3=CC[C@@H]4C(=O)N(C(N)=O)C(=O)[C@@H]4[C@@H]3CC3=C2C(=O)C=C(C)C3=O)c1O. The quantitative estimate of drug-likeness (QED) is 0.394. The minimum atomic E-state index is -1.12. The number of allylic oxidation sites excluding steroid dienone is 7. The third-order valence-electron chi connectivity index (χ3n) is 7.61. The summed E-state index contributed by atoms with van der Waals surface area (Å²) in [7, 11) is 0. The first kappa shape index (κ1) is 22.7. The van der Waals surface area contributed by atoms with E-state index in [0.717, 1.165) is 0 Å². The molecule has 0 saturated carbocycles. The molecule has 1 fully saturated rings. The Labute approximate surface area is 201 Å². The Balaban J connectivity index is 1.72. The zero-order valence-electron chi connectivity index (χ0n) is 19.1. The molecule has 4 atom stereocenters. The number of hydrogen-bond acceptors (Lipinski definition) is 6. The number of Topliss-reactive ketones (excluding diaryl/α,β-unsaturated/α-hetero) is 1. The van der Waals surface area contributed by atoms with Gasteiger partial charge in [0.25, 0.3) is 0 Å². The Morgan fingerprint density at radius 2 is 1.94 bits per heavy atom. The zero-order chi connectivity index (χ0) is 25.2. The largest absolute Gasteiger partial charge is 0.507 e. The van der Waals surface area contributed by atoms with Crippen LogP contribution in [0, 0.1) is 17.8 Å². The van der Waals surface area contributed by atoms with Crippen LogP contribution in [0.25, 0.3) is 0 Å². The van der Waals surface area contributed by atoms with E-state index < -0.39 is 41.5 Å². The molecule has 0 spiro atoms. The minimum absolute atomic E-state index is 0.00738. The van der Waals surface area contributed by atoms with Gasteiger partial charge in [0.1, 0.15) is 5.75 Å². The van der Waals surface area contributed by atoms with Crippen molar-refractivity contribution in [3.63, 3.8) is 0 Å². The van der Waals surface area contributed by atoms with Crippen LogP contribution in [0.4, 0.5) is 4.79 Å². The van der Waals surface area contributed by atoms with Crippen LogP contribution in [0.15, 0.2) is 65.3 Å². The van der Waals surface area contributed by atoms with Crippen molar-refractivity contribution in [2.45, 2.75) is 32.1 Å². The van der Waals surface area contributed by atoms with Gasteiger partial charge in [0.15, 0.2) is 11.6 Å². The van der Waals surface area contributed by atoms with E-state index in [0.29, 0.717) is 33.6 Å². The Hall–Kier alpha value is -4.07. The van der Waals surface area contributed by atoms with Gasteiger partial charge in [-0.2, -0.15) is 4.90 Å². The number of phenols is 1. The fourth-order valence-electron chi connectivity index (χ4n) is 6.12. The first-order chi connectivity index (χ1) is 16.7. The molecule has 3 aliphatic carbocycles. The molecule has 0 bridgehead atoms. The smallest absolute Gasteiger partial charge is 0.328 e. The lowest BCUT2D eigenvalue weighted by atomic mass is 9.59. The molecular weight excluding hydrogens is 448 g/mol. The Morgan fingerprint density at radius 3 is 2.63 bits per heavy atom. The minimum Gasteiger partial charge on any atom is -0.507 e. The number of amides is 4. The van der Waals surface area contributed by atoms with Gasteiger partial charge in [-0.1, -0.05) is 35.9 Å². The number of likely N-dealkylation sites (tertiary alicyclic amines) is 1. The highest BCUT2D eigenvalue weighted by Crippen LogP contribution is 2.56. The summed E-state index contributed by atoms with van der Waals surface area (Å²) >= 11 is 0. The van der Waals surface area contributed by atoms with Crippen molar-refractivity contribution in [2.24, 2.45) is 23.5 Å². The number of carbonyl (C=O) groups excluding carboxylic acids is 5. The van der Waals surface area contributed by atoms with Crippen molar-refractivity contribution < 1.29 is 29.1 Å². The topological polar surface area (TPSA) is 135 Å². The number of fused-ring (bicyclic) bond motifs is 3. The number of para-hydroxylation sites is 1. The summed E-state index contributed by atoms with van der Waals surface area (Å²) in [5, 5.41) is 11.2. The van der Waals surface area contributed by atoms with E-state index in [9.17, 15) is 29.1 Å². The molecule has 0 aromatic heterocycles. The number of carbonyl (C=O) groups is 5. The number of nitrogens with two attached hydrogens (primary N) is 1. The van der Waals surface area contributed by atoms with Crippen LogP contribution in [0.5, 0.6) is 5.75 Å². The van der Waals surface area contributed by atoms with E-state index in [1.807, 2.05) is 6.08 Å². The van der Waals surface area contributed by atoms with Crippen LogP contribution in [0.2, 0.25) is 0 Å². The number of nitrogens with zero attached hydrogens (tertiary/aromatic N) is 1. The third-order valence-corrected chi connectivity index (χ3v) is 7.61. The van der Waals surface area contributed by atoms with Gasteiger partial charge in [-0.25, -0.2) is 4.79 Å². The molecule has 178 valence electrons. The normalized spacial score (nSPS) is 27.7. The third kappa shape index (κ3) is 3.16. The molecule has 0 unspecified atom stereocenters. The maximum absolute atomic E-state index is 13.2. The van der Waals surface area contributed by atoms with Crippen molar-refractivity contribution in [3.05, 3.63) is 76.4 Å². The molecule has 8 heteroatoms. The highest BCUT2D eigenvalue weighted by Gasteiger charge is 2.57. The van der Waals surface area contributed by atoms with Gasteiger partial charge >= 0.3 is 6.03 Å². The highest BCUT2D eigenvalue weighted by atomic mass is 16.3. The van der Waals surface area contributed by atoms with E-state index in [1.54, 1.807) is 31.2 Å². The molecule has 4 amide bonds. The molecule has 1 aromatic rings. The summed E-state index contributed by atoms with van der Waals surface area (Å²) in [5.41, 5.74) is 7.95. The molecule has 8 nitrogen and oxygen atoms in total. The Morgan fingerprint density at radius 1 is 1.20 bits per heavy atom. The van der Waals surface area contributed by atoms with Crippen LogP contribution in [0.3, 0.4) is 0 Å². The monoisotopic (exact) mass is 472 g/mol. The molecule has 5 rings (SSSR count). The molecule has 1 aliphatic heterocycles. The number of rotatable bonds is 3. The second kappa shape index (κ2) is 8.01. The first-order valence-electron chi connectivity index (χ1n) is 11.5. The van der Waals surface area contributed by atoms with E-state index in [-0.39, 0.29) is 41.3 Å². The molecule has 1 aromatic carbocycles. The van der Waals surface area contributed by atoms with E-state index in [4.69, 9.17) is 5.73 Å². The number of phenolic OH excluding ortho intramolecular Hbond substituents is 1. The standard InChI is InChI=1S/C27H24N2O6/c1-3-5-13-6-4-7-15(24(13)32)20-14-8-9-16-21(26(34)29(25(16)33)27(28)35)17(14)11-18-22(20)19(30)10-12(2)23(18)31/h3-4,6-8,10,16-17,20-21,32H,1,5,9,11H2,2H3,(H2,28,35)/t16-,17+,20+,21-/m0/s1. The fraction of sp³-hybridized carbons (Fsp3) is 0.296. The van der Waals surface area contributed by atoms with Crippen LogP contribution in [0.1, 0.15) is 36.8 Å². The summed E-state index contributed by atoms with van der Waals surface area (Å²) in [4.78, 5) is 64.8. The molecule has 3 N–H and O–H groups in total. The van der Waals surface area contributed by atoms with Crippen molar-refractivity contribution in [1.29, 1.82) is 0 Å². The van der Waals surface area contributed by atoms with Gasteiger partial charge in [-0.05, 0) is 43.7 Å². The molecule has 35 heavy (non-hydrogen) atoms. The Kier molecular flexibility index (Phi) is 5.20. The number of hydrogen-bond donors (Lipinski definition) is 2. The molecule has 0 radical (unpaired) electrons. The maximum Gasteiger partial charge on any atom is 0.328 e. The van der Waals surface area contributed by atoms with Crippen molar-refractivity contribution in [2.75, 3.05) is 0 Å². The number of benzene rings is 1. The molecular formula is C27H24N2O6. The van der Waals surface area contributed by atoms with Crippen LogP contribution >= 0.6 is 0 Å². The number of ketones is 2. The lowest BCUT2D eigenvalue weighted by Crippen LogP contribution is -2.42. The van der Waals surface area contributed by atoms with Crippen LogP contribution < -0.4 is 5.73 Å². The first-order valence-corrected chi connectivity index (χ1v) is 11.5. The number of urea groups is 1. The van der Waals surface area contributed by atoms with Gasteiger partial charge in [-0.3, -0.25) is 19.2 Å².